The van der Waals surface area contributed by atoms with Gasteiger partial charge in [-0.1, -0.05) is 43.7 Å². The first-order valence-corrected chi connectivity index (χ1v) is 7.88. The fourth-order valence-corrected chi connectivity index (χ4v) is 2.85. The van der Waals surface area contributed by atoms with Crippen LogP contribution >= 0.6 is 0 Å². The number of hydrogen-bond donors (Lipinski definition) is 1. The Bertz CT molecular complexity index is 408. The molecule has 1 fully saturated rings. The van der Waals surface area contributed by atoms with E-state index in [1.165, 1.54) is 11.1 Å². The molecule has 0 spiro atoms. The summed E-state index contributed by atoms with van der Waals surface area (Å²) in [6.45, 7) is 11.6. The first-order valence-electron chi connectivity index (χ1n) is 7.88. The van der Waals surface area contributed by atoms with E-state index in [4.69, 9.17) is 4.74 Å². The van der Waals surface area contributed by atoms with Crippen LogP contribution in [0.5, 0.6) is 0 Å². The average Bonchev–Trinajstić information content (AvgIpc) is 2.48. The zero-order chi connectivity index (χ0) is 14.4. The second kappa shape index (κ2) is 7.77. The number of aryl methyl sites for hydroxylation is 1. The summed E-state index contributed by atoms with van der Waals surface area (Å²) in [7, 11) is 0. The van der Waals surface area contributed by atoms with E-state index in [-0.39, 0.29) is 6.10 Å². The number of morpholine rings is 1. The molecule has 1 heterocycles. The summed E-state index contributed by atoms with van der Waals surface area (Å²) < 4.78 is 6.06. The fourth-order valence-electron chi connectivity index (χ4n) is 2.85. The SMILES string of the molecule is CCCNC(c1cccc(C)c1)C1CN(CC)CCO1. The fraction of sp³-hybridized carbons (Fsp3) is 0.647. The van der Waals surface area contributed by atoms with E-state index in [0.29, 0.717) is 6.04 Å². The Balaban J connectivity index is 2.14. The van der Waals surface area contributed by atoms with Crippen LogP contribution in [-0.4, -0.2) is 43.8 Å². The standard InChI is InChI=1S/C17H28N2O/c1-4-9-18-17(15-8-6-7-14(3)12-15)16-13-19(5-2)10-11-20-16/h6-8,12,16-18H,4-5,9-11,13H2,1-3H3. The smallest absolute Gasteiger partial charge is 0.0896 e. The predicted octanol–water partition coefficient (Wildman–Crippen LogP) is 2.76. The van der Waals surface area contributed by atoms with Gasteiger partial charge in [-0.05, 0) is 32.0 Å². The summed E-state index contributed by atoms with van der Waals surface area (Å²) in [5, 5.41) is 3.68. The zero-order valence-electron chi connectivity index (χ0n) is 13.1. The van der Waals surface area contributed by atoms with E-state index in [2.05, 4.69) is 55.3 Å². The van der Waals surface area contributed by atoms with Crippen molar-refractivity contribution < 1.29 is 4.74 Å². The predicted molar refractivity (Wildman–Crippen MR) is 84.1 cm³/mol. The maximum atomic E-state index is 6.06. The van der Waals surface area contributed by atoms with Crippen LogP contribution in [0, 0.1) is 6.92 Å². The molecule has 1 N–H and O–H groups in total. The van der Waals surface area contributed by atoms with Crippen molar-refractivity contribution in [1.29, 1.82) is 0 Å². The number of rotatable bonds is 6. The Morgan fingerprint density at radius 3 is 2.95 bits per heavy atom. The summed E-state index contributed by atoms with van der Waals surface area (Å²) in [5.41, 5.74) is 2.66. The number of hydrogen-bond acceptors (Lipinski definition) is 3. The molecule has 3 nitrogen and oxygen atoms in total. The minimum atomic E-state index is 0.247. The highest BCUT2D eigenvalue weighted by Crippen LogP contribution is 2.23. The van der Waals surface area contributed by atoms with E-state index in [9.17, 15) is 0 Å². The summed E-state index contributed by atoms with van der Waals surface area (Å²) in [5.74, 6) is 0. The molecule has 1 aromatic rings. The van der Waals surface area contributed by atoms with Gasteiger partial charge in [0.1, 0.15) is 0 Å². The Morgan fingerprint density at radius 1 is 1.40 bits per heavy atom. The van der Waals surface area contributed by atoms with Crippen LogP contribution in [-0.2, 0) is 4.74 Å². The molecule has 2 rings (SSSR count). The maximum absolute atomic E-state index is 6.06. The summed E-state index contributed by atoms with van der Waals surface area (Å²) >= 11 is 0. The van der Waals surface area contributed by atoms with Crippen molar-refractivity contribution in [2.45, 2.75) is 39.3 Å². The van der Waals surface area contributed by atoms with E-state index in [0.717, 1.165) is 39.2 Å². The van der Waals surface area contributed by atoms with Crippen molar-refractivity contribution in [3.05, 3.63) is 35.4 Å². The van der Waals surface area contributed by atoms with Gasteiger partial charge in [0, 0.05) is 13.1 Å². The molecule has 3 heteroatoms. The number of likely N-dealkylation sites (N-methyl/N-ethyl adjacent to an activating group) is 1. The molecule has 1 aliphatic heterocycles. The van der Waals surface area contributed by atoms with Crippen LogP contribution < -0.4 is 5.32 Å². The second-order valence-corrected chi connectivity index (χ2v) is 5.65. The van der Waals surface area contributed by atoms with Gasteiger partial charge in [0.15, 0.2) is 0 Å². The van der Waals surface area contributed by atoms with E-state index >= 15 is 0 Å². The first-order chi connectivity index (χ1) is 9.74. The normalized spacial score (nSPS) is 21.9. The van der Waals surface area contributed by atoms with Crippen LogP contribution in [0.1, 0.15) is 37.4 Å². The molecule has 2 unspecified atom stereocenters. The lowest BCUT2D eigenvalue weighted by molar-refractivity contribution is -0.0455. The third-order valence-electron chi connectivity index (χ3n) is 4.01. The molecule has 0 aromatic heterocycles. The number of ether oxygens (including phenoxy) is 1. The van der Waals surface area contributed by atoms with Crippen LogP contribution in [0.15, 0.2) is 24.3 Å². The van der Waals surface area contributed by atoms with Crippen molar-refractivity contribution in [2.24, 2.45) is 0 Å². The first kappa shape index (κ1) is 15.5. The summed E-state index contributed by atoms with van der Waals surface area (Å²) in [6, 6.07) is 9.09. The van der Waals surface area contributed by atoms with Gasteiger partial charge in [-0.2, -0.15) is 0 Å². The van der Waals surface area contributed by atoms with Crippen LogP contribution in [0.3, 0.4) is 0 Å². The van der Waals surface area contributed by atoms with Gasteiger partial charge in [0.05, 0.1) is 18.8 Å². The molecule has 0 aliphatic carbocycles. The lowest BCUT2D eigenvalue weighted by atomic mass is 9.98. The van der Waals surface area contributed by atoms with Gasteiger partial charge in [-0.25, -0.2) is 0 Å². The van der Waals surface area contributed by atoms with Crippen molar-refractivity contribution in [3.63, 3.8) is 0 Å². The van der Waals surface area contributed by atoms with E-state index in [1.807, 2.05) is 0 Å². The molecular formula is C17H28N2O. The highest BCUT2D eigenvalue weighted by Gasteiger charge is 2.28. The lowest BCUT2D eigenvalue weighted by Crippen LogP contribution is -2.48. The molecule has 1 aromatic carbocycles. The molecule has 1 aliphatic rings. The quantitative estimate of drug-likeness (QED) is 0.864. The number of nitrogens with one attached hydrogen (secondary N) is 1. The average molecular weight is 276 g/mol. The Hall–Kier alpha value is -0.900. The number of nitrogens with zero attached hydrogens (tertiary/aromatic N) is 1. The highest BCUT2D eigenvalue weighted by molar-refractivity contribution is 5.26. The topological polar surface area (TPSA) is 24.5 Å². The number of benzene rings is 1. The Kier molecular flexibility index (Phi) is 6.02. The van der Waals surface area contributed by atoms with Gasteiger partial charge in [-0.3, -0.25) is 4.90 Å². The third kappa shape index (κ3) is 4.05. The lowest BCUT2D eigenvalue weighted by Gasteiger charge is -2.37. The minimum absolute atomic E-state index is 0.247. The maximum Gasteiger partial charge on any atom is 0.0896 e. The molecule has 0 saturated carbocycles. The zero-order valence-corrected chi connectivity index (χ0v) is 13.1. The van der Waals surface area contributed by atoms with Gasteiger partial charge >= 0.3 is 0 Å². The van der Waals surface area contributed by atoms with E-state index in [1.54, 1.807) is 0 Å². The van der Waals surface area contributed by atoms with Gasteiger partial charge in [0.2, 0.25) is 0 Å². The minimum Gasteiger partial charge on any atom is -0.374 e. The largest absolute Gasteiger partial charge is 0.374 e. The van der Waals surface area contributed by atoms with Gasteiger partial charge < -0.3 is 10.1 Å². The molecule has 0 amide bonds. The van der Waals surface area contributed by atoms with Crippen LogP contribution in [0.4, 0.5) is 0 Å². The molecule has 20 heavy (non-hydrogen) atoms. The van der Waals surface area contributed by atoms with Crippen molar-refractivity contribution in [1.82, 2.24) is 10.2 Å². The molecule has 112 valence electrons. The molecular weight excluding hydrogens is 248 g/mol. The van der Waals surface area contributed by atoms with Crippen molar-refractivity contribution in [3.8, 4) is 0 Å². The third-order valence-corrected chi connectivity index (χ3v) is 4.01. The van der Waals surface area contributed by atoms with Gasteiger partial charge in [-0.15, -0.1) is 0 Å². The van der Waals surface area contributed by atoms with E-state index < -0.39 is 0 Å². The van der Waals surface area contributed by atoms with Crippen LogP contribution in [0.2, 0.25) is 0 Å². The monoisotopic (exact) mass is 276 g/mol. The van der Waals surface area contributed by atoms with Crippen molar-refractivity contribution in [2.75, 3.05) is 32.8 Å². The van der Waals surface area contributed by atoms with Crippen molar-refractivity contribution >= 4 is 0 Å². The Labute approximate surface area is 123 Å². The summed E-state index contributed by atoms with van der Waals surface area (Å²) in [6.07, 6.45) is 1.39. The Morgan fingerprint density at radius 2 is 2.25 bits per heavy atom. The molecule has 1 saturated heterocycles. The molecule has 0 bridgehead atoms. The second-order valence-electron chi connectivity index (χ2n) is 5.65. The molecule has 2 atom stereocenters. The molecule has 0 radical (unpaired) electrons. The van der Waals surface area contributed by atoms with Crippen LogP contribution in [0.25, 0.3) is 0 Å². The highest BCUT2D eigenvalue weighted by atomic mass is 16.5. The summed E-state index contributed by atoms with van der Waals surface area (Å²) in [4.78, 5) is 2.48. The van der Waals surface area contributed by atoms with Gasteiger partial charge in [0.25, 0.3) is 0 Å².